The van der Waals surface area contributed by atoms with E-state index in [1.807, 2.05) is 0 Å². The number of hydrogen-bond donors (Lipinski definition) is 2. The van der Waals surface area contributed by atoms with Crippen molar-refractivity contribution in [1.82, 2.24) is 10.2 Å². The van der Waals surface area contributed by atoms with Crippen molar-refractivity contribution >= 4 is 0 Å². The number of aliphatic hydroxyl groups excluding tert-OH is 1. The maximum Gasteiger partial charge on any atom is 0.0791 e. The van der Waals surface area contributed by atoms with Crippen LogP contribution in [0.3, 0.4) is 0 Å². The quantitative estimate of drug-likeness (QED) is 0.743. The van der Waals surface area contributed by atoms with Crippen LogP contribution in [0, 0.1) is 0 Å². The van der Waals surface area contributed by atoms with Crippen molar-refractivity contribution in [2.24, 2.45) is 0 Å². The second-order valence-electron chi connectivity index (χ2n) is 5.53. The van der Waals surface area contributed by atoms with Gasteiger partial charge in [-0.15, -0.1) is 0 Å². The maximum atomic E-state index is 9.98. The first kappa shape index (κ1) is 12.3. The van der Waals surface area contributed by atoms with Crippen LogP contribution in [0.15, 0.2) is 0 Å². The number of rotatable bonds is 5. The topological polar surface area (TPSA) is 35.5 Å². The number of likely N-dealkylation sites (tertiary alicyclic amines) is 1. The minimum absolute atomic E-state index is 0.193. The van der Waals surface area contributed by atoms with Gasteiger partial charge < -0.3 is 10.4 Å². The third kappa shape index (κ3) is 4.04. The molecule has 2 N–H and O–H groups in total. The van der Waals surface area contributed by atoms with E-state index in [0.29, 0.717) is 12.1 Å². The van der Waals surface area contributed by atoms with Gasteiger partial charge in [0.2, 0.25) is 0 Å². The minimum Gasteiger partial charge on any atom is -0.390 e. The summed E-state index contributed by atoms with van der Waals surface area (Å²) in [6.07, 6.45) is 7.71. The fourth-order valence-electron chi connectivity index (χ4n) is 2.53. The van der Waals surface area contributed by atoms with E-state index < -0.39 is 0 Å². The summed E-state index contributed by atoms with van der Waals surface area (Å²) in [6.45, 7) is 5.09. The van der Waals surface area contributed by atoms with Crippen LogP contribution in [0.2, 0.25) is 0 Å². The normalized spacial score (nSPS) is 30.0. The van der Waals surface area contributed by atoms with Gasteiger partial charge in [0.15, 0.2) is 0 Å². The number of nitrogens with zero attached hydrogens (tertiary/aromatic N) is 1. The van der Waals surface area contributed by atoms with Crippen molar-refractivity contribution in [3.05, 3.63) is 0 Å². The number of aliphatic hydroxyl groups is 1. The maximum absolute atomic E-state index is 9.98. The summed E-state index contributed by atoms with van der Waals surface area (Å²) in [5.41, 5.74) is 0. The Morgan fingerprint density at radius 3 is 2.81 bits per heavy atom. The molecule has 3 heteroatoms. The lowest BCUT2D eigenvalue weighted by Gasteiger charge is -2.29. The van der Waals surface area contributed by atoms with Crippen LogP contribution in [-0.2, 0) is 0 Å². The monoisotopic (exact) mass is 226 g/mol. The highest BCUT2D eigenvalue weighted by Gasteiger charge is 2.23. The molecule has 0 spiro atoms. The van der Waals surface area contributed by atoms with Crippen LogP contribution in [-0.4, -0.2) is 47.8 Å². The first-order chi connectivity index (χ1) is 7.75. The number of nitrogens with one attached hydrogen (secondary N) is 1. The molecule has 2 aliphatic rings. The van der Waals surface area contributed by atoms with Crippen LogP contribution in [0.5, 0.6) is 0 Å². The molecule has 1 heterocycles. The Hall–Kier alpha value is -0.120. The molecule has 1 saturated carbocycles. The Morgan fingerprint density at radius 1 is 1.25 bits per heavy atom. The molecule has 3 nitrogen and oxygen atoms in total. The molecule has 94 valence electrons. The molecule has 0 aromatic heterocycles. The molecule has 0 bridgehead atoms. The largest absolute Gasteiger partial charge is 0.390 e. The Kier molecular flexibility index (Phi) is 4.62. The lowest BCUT2D eigenvalue weighted by atomic mass is 10.1. The molecule has 2 atom stereocenters. The van der Waals surface area contributed by atoms with Crippen molar-refractivity contribution in [3.8, 4) is 0 Å². The summed E-state index contributed by atoms with van der Waals surface area (Å²) >= 11 is 0. The first-order valence-electron chi connectivity index (χ1n) is 6.91. The molecule has 2 unspecified atom stereocenters. The average molecular weight is 226 g/mol. The van der Waals surface area contributed by atoms with Crippen molar-refractivity contribution in [2.75, 3.05) is 19.6 Å². The zero-order valence-corrected chi connectivity index (χ0v) is 10.5. The predicted molar refractivity (Wildman–Crippen MR) is 66.5 cm³/mol. The lowest BCUT2D eigenvalue weighted by Crippen LogP contribution is -2.42. The van der Waals surface area contributed by atoms with E-state index in [2.05, 4.69) is 17.1 Å². The molecule has 2 fully saturated rings. The van der Waals surface area contributed by atoms with Crippen molar-refractivity contribution in [3.63, 3.8) is 0 Å². The van der Waals surface area contributed by atoms with E-state index in [9.17, 15) is 5.11 Å². The van der Waals surface area contributed by atoms with Gasteiger partial charge in [-0.2, -0.15) is 0 Å². The predicted octanol–water partition coefficient (Wildman–Crippen LogP) is 1.36. The van der Waals surface area contributed by atoms with Gasteiger partial charge in [0.25, 0.3) is 0 Å². The van der Waals surface area contributed by atoms with E-state index in [0.717, 1.165) is 13.1 Å². The Bertz CT molecular complexity index is 206. The van der Waals surface area contributed by atoms with E-state index in [-0.39, 0.29) is 6.10 Å². The van der Waals surface area contributed by atoms with E-state index in [1.54, 1.807) is 0 Å². The van der Waals surface area contributed by atoms with E-state index in [4.69, 9.17) is 0 Å². The molecule has 1 aliphatic carbocycles. The molecule has 0 amide bonds. The average Bonchev–Trinajstić information content (AvgIpc) is 3.07. The summed E-state index contributed by atoms with van der Waals surface area (Å²) in [6, 6.07) is 1.36. The van der Waals surface area contributed by atoms with Crippen molar-refractivity contribution in [1.29, 1.82) is 0 Å². The number of hydrogen-bond acceptors (Lipinski definition) is 3. The van der Waals surface area contributed by atoms with Gasteiger partial charge in [-0.05, 0) is 39.2 Å². The zero-order chi connectivity index (χ0) is 11.4. The van der Waals surface area contributed by atoms with E-state index >= 15 is 0 Å². The Balaban J connectivity index is 1.68. The van der Waals surface area contributed by atoms with Gasteiger partial charge in [-0.3, -0.25) is 4.90 Å². The van der Waals surface area contributed by atoms with Gasteiger partial charge in [0.1, 0.15) is 0 Å². The van der Waals surface area contributed by atoms with Gasteiger partial charge in [0, 0.05) is 25.2 Å². The highest BCUT2D eigenvalue weighted by atomic mass is 16.3. The van der Waals surface area contributed by atoms with Crippen molar-refractivity contribution < 1.29 is 5.11 Å². The van der Waals surface area contributed by atoms with Crippen LogP contribution < -0.4 is 5.32 Å². The molecule has 1 saturated heterocycles. The molecule has 16 heavy (non-hydrogen) atoms. The highest BCUT2D eigenvalue weighted by molar-refractivity contribution is 4.83. The van der Waals surface area contributed by atoms with Gasteiger partial charge in [0.05, 0.1) is 6.10 Å². The highest BCUT2D eigenvalue weighted by Crippen LogP contribution is 2.19. The summed E-state index contributed by atoms with van der Waals surface area (Å²) < 4.78 is 0. The second kappa shape index (κ2) is 5.99. The summed E-state index contributed by atoms with van der Waals surface area (Å²) in [5, 5.41) is 13.4. The Labute approximate surface area is 99.2 Å². The smallest absolute Gasteiger partial charge is 0.0791 e. The van der Waals surface area contributed by atoms with Gasteiger partial charge in [-0.25, -0.2) is 0 Å². The summed E-state index contributed by atoms with van der Waals surface area (Å²) in [5.74, 6) is 0. The fourth-order valence-corrected chi connectivity index (χ4v) is 2.53. The van der Waals surface area contributed by atoms with E-state index in [1.165, 1.54) is 45.1 Å². The molecule has 0 radical (unpaired) electrons. The third-order valence-electron chi connectivity index (χ3n) is 3.86. The second-order valence-corrected chi connectivity index (χ2v) is 5.53. The fraction of sp³-hybridized carbons (Fsp3) is 1.00. The zero-order valence-electron chi connectivity index (χ0n) is 10.5. The summed E-state index contributed by atoms with van der Waals surface area (Å²) in [4.78, 5) is 2.46. The molecule has 0 aromatic carbocycles. The van der Waals surface area contributed by atoms with Crippen LogP contribution in [0.25, 0.3) is 0 Å². The van der Waals surface area contributed by atoms with Crippen LogP contribution in [0.1, 0.15) is 45.4 Å². The van der Waals surface area contributed by atoms with Crippen LogP contribution >= 0.6 is 0 Å². The van der Waals surface area contributed by atoms with Gasteiger partial charge >= 0.3 is 0 Å². The van der Waals surface area contributed by atoms with Crippen LogP contribution in [0.4, 0.5) is 0 Å². The first-order valence-corrected chi connectivity index (χ1v) is 6.91. The minimum atomic E-state index is -0.193. The van der Waals surface area contributed by atoms with Crippen molar-refractivity contribution in [2.45, 2.75) is 63.6 Å². The Morgan fingerprint density at radius 2 is 2.06 bits per heavy atom. The molecular formula is C13H26N2O. The molecule has 1 aliphatic heterocycles. The SMILES string of the molecule is CC1CCCCCN1CC(O)CNC1CC1. The molecular weight excluding hydrogens is 200 g/mol. The standard InChI is InChI=1S/C13H26N2O/c1-11-5-3-2-4-8-15(11)10-13(16)9-14-12-6-7-12/h11-14,16H,2-10H2,1H3. The van der Waals surface area contributed by atoms with Gasteiger partial charge in [-0.1, -0.05) is 12.8 Å². The third-order valence-corrected chi connectivity index (χ3v) is 3.86. The molecule has 0 aromatic rings. The lowest BCUT2D eigenvalue weighted by molar-refractivity contribution is 0.0918. The molecule has 2 rings (SSSR count). The number of β-amino-alcohol motifs (C(OH)–C–C–N with tert-alkyl or cyclic N) is 1. The summed E-state index contributed by atoms with van der Waals surface area (Å²) in [7, 11) is 0.